The van der Waals surface area contributed by atoms with Crippen molar-refractivity contribution >= 4 is 28.0 Å². The van der Waals surface area contributed by atoms with Crippen molar-refractivity contribution in [1.29, 1.82) is 0 Å². The lowest BCUT2D eigenvalue weighted by atomic mass is 10.1. The molecule has 8 nitrogen and oxygen atoms in total. The molecule has 0 aliphatic heterocycles. The lowest BCUT2D eigenvalue weighted by Gasteiger charge is -2.05. The predicted molar refractivity (Wildman–Crippen MR) is 97.1 cm³/mol. The molecule has 0 aliphatic carbocycles. The number of aromatic amines is 2. The van der Waals surface area contributed by atoms with E-state index in [1.165, 1.54) is 15.5 Å². The molecule has 1 aromatic carbocycles. The number of anilines is 1. The first-order chi connectivity index (χ1) is 12.1. The fourth-order valence-electron chi connectivity index (χ4n) is 3.11. The number of hydrogen-bond acceptors (Lipinski definition) is 4. The second kappa shape index (κ2) is 5.66. The minimum Gasteiger partial charge on any atom is -0.361 e. The molecule has 0 atom stereocenters. The van der Waals surface area contributed by atoms with Crippen LogP contribution in [-0.4, -0.2) is 30.6 Å². The Morgan fingerprint density at radius 2 is 1.96 bits per heavy atom. The van der Waals surface area contributed by atoms with E-state index in [1.54, 1.807) is 18.7 Å². The van der Waals surface area contributed by atoms with Crippen LogP contribution in [0.5, 0.6) is 0 Å². The summed E-state index contributed by atoms with van der Waals surface area (Å²) in [5.41, 5.74) is 2.16. The molecule has 8 heteroatoms. The van der Waals surface area contributed by atoms with Crippen LogP contribution in [0.4, 0.5) is 5.95 Å². The van der Waals surface area contributed by atoms with Crippen molar-refractivity contribution in [1.82, 2.24) is 24.1 Å². The average molecular weight is 338 g/mol. The van der Waals surface area contributed by atoms with E-state index in [-0.39, 0.29) is 0 Å². The van der Waals surface area contributed by atoms with Gasteiger partial charge < -0.3 is 14.9 Å². The van der Waals surface area contributed by atoms with Gasteiger partial charge in [-0.3, -0.25) is 14.3 Å². The minimum absolute atomic E-state index is 0.367. The summed E-state index contributed by atoms with van der Waals surface area (Å²) in [7, 11) is 3.34. The lowest BCUT2D eigenvalue weighted by Crippen LogP contribution is -2.29. The SMILES string of the molecule is Cn1c(NCCc2c[nH]c3ccccc23)nc2c1c(=O)[nH]c(=O)n2C. The van der Waals surface area contributed by atoms with Crippen LogP contribution in [-0.2, 0) is 20.5 Å². The molecule has 0 saturated carbocycles. The zero-order valence-corrected chi connectivity index (χ0v) is 14.0. The Morgan fingerprint density at radius 1 is 1.16 bits per heavy atom. The molecular weight excluding hydrogens is 320 g/mol. The maximum absolute atomic E-state index is 12.0. The molecule has 3 aromatic heterocycles. The zero-order chi connectivity index (χ0) is 17.6. The third-order valence-corrected chi connectivity index (χ3v) is 4.49. The maximum atomic E-state index is 12.0. The van der Waals surface area contributed by atoms with Crippen LogP contribution < -0.4 is 16.6 Å². The van der Waals surface area contributed by atoms with Gasteiger partial charge in [-0.1, -0.05) is 18.2 Å². The Kier molecular flexibility index (Phi) is 3.45. The first-order valence-electron chi connectivity index (χ1n) is 8.01. The summed E-state index contributed by atoms with van der Waals surface area (Å²) in [5.74, 6) is 0.557. The molecule has 0 unspecified atom stereocenters. The normalized spacial score (nSPS) is 11.4. The van der Waals surface area contributed by atoms with Crippen molar-refractivity contribution < 1.29 is 0 Å². The van der Waals surface area contributed by atoms with Gasteiger partial charge in [0.2, 0.25) is 5.95 Å². The summed E-state index contributed by atoms with van der Waals surface area (Å²) in [6, 6.07) is 8.16. The van der Waals surface area contributed by atoms with Gasteiger partial charge in [-0.05, 0) is 18.1 Å². The summed E-state index contributed by atoms with van der Waals surface area (Å²) in [6.07, 6.45) is 2.82. The molecule has 0 radical (unpaired) electrons. The summed E-state index contributed by atoms with van der Waals surface area (Å²) in [6.45, 7) is 0.658. The number of nitrogens with zero attached hydrogens (tertiary/aromatic N) is 3. The lowest BCUT2D eigenvalue weighted by molar-refractivity contribution is 0.829. The van der Waals surface area contributed by atoms with Crippen molar-refractivity contribution in [3.63, 3.8) is 0 Å². The molecule has 0 saturated heterocycles. The number of nitrogens with one attached hydrogen (secondary N) is 3. The number of imidazole rings is 1. The molecule has 25 heavy (non-hydrogen) atoms. The van der Waals surface area contributed by atoms with Crippen LogP contribution in [0.15, 0.2) is 40.1 Å². The molecule has 4 rings (SSSR count). The summed E-state index contributed by atoms with van der Waals surface area (Å²) in [4.78, 5) is 33.7. The summed E-state index contributed by atoms with van der Waals surface area (Å²) >= 11 is 0. The number of aromatic nitrogens is 5. The van der Waals surface area contributed by atoms with Crippen molar-refractivity contribution in [2.75, 3.05) is 11.9 Å². The number of aryl methyl sites for hydroxylation is 2. The van der Waals surface area contributed by atoms with Gasteiger partial charge in [0.15, 0.2) is 11.2 Å². The van der Waals surface area contributed by atoms with Crippen molar-refractivity contribution in [3.8, 4) is 0 Å². The molecule has 0 fully saturated rings. The number of fused-ring (bicyclic) bond motifs is 2. The fraction of sp³-hybridized carbons (Fsp3) is 0.235. The van der Waals surface area contributed by atoms with E-state index in [9.17, 15) is 9.59 Å². The highest BCUT2D eigenvalue weighted by molar-refractivity contribution is 5.83. The van der Waals surface area contributed by atoms with Crippen LogP contribution in [0.3, 0.4) is 0 Å². The first-order valence-corrected chi connectivity index (χ1v) is 8.01. The Bertz CT molecular complexity index is 1190. The van der Waals surface area contributed by atoms with Gasteiger partial charge >= 0.3 is 5.69 Å². The largest absolute Gasteiger partial charge is 0.361 e. The van der Waals surface area contributed by atoms with Crippen LogP contribution in [0, 0.1) is 0 Å². The number of H-pyrrole nitrogens is 2. The highest BCUT2D eigenvalue weighted by Gasteiger charge is 2.14. The fourth-order valence-corrected chi connectivity index (χ4v) is 3.11. The van der Waals surface area contributed by atoms with E-state index < -0.39 is 11.2 Å². The van der Waals surface area contributed by atoms with E-state index in [1.807, 2.05) is 24.4 Å². The second-order valence-electron chi connectivity index (χ2n) is 6.02. The maximum Gasteiger partial charge on any atom is 0.329 e. The van der Waals surface area contributed by atoms with Gasteiger partial charge in [-0.2, -0.15) is 4.98 Å². The van der Waals surface area contributed by atoms with Gasteiger partial charge in [0.05, 0.1) is 0 Å². The first kappa shape index (κ1) is 15.3. The smallest absolute Gasteiger partial charge is 0.329 e. The molecule has 0 amide bonds. The number of para-hydroxylation sites is 1. The van der Waals surface area contributed by atoms with E-state index in [2.05, 4.69) is 26.3 Å². The molecule has 0 bridgehead atoms. The second-order valence-corrected chi connectivity index (χ2v) is 6.02. The van der Waals surface area contributed by atoms with Gasteiger partial charge in [0.25, 0.3) is 5.56 Å². The molecule has 0 spiro atoms. The quantitative estimate of drug-likeness (QED) is 0.519. The Balaban J connectivity index is 1.60. The number of hydrogen-bond donors (Lipinski definition) is 3. The Labute approximate surface area is 142 Å². The highest BCUT2D eigenvalue weighted by Crippen LogP contribution is 2.18. The molecule has 128 valence electrons. The van der Waals surface area contributed by atoms with Crippen molar-refractivity contribution in [3.05, 3.63) is 56.9 Å². The highest BCUT2D eigenvalue weighted by atomic mass is 16.2. The topological polar surface area (TPSA) is 100 Å². The number of benzene rings is 1. The molecular formula is C17H18N6O2. The van der Waals surface area contributed by atoms with Crippen LogP contribution in [0.2, 0.25) is 0 Å². The van der Waals surface area contributed by atoms with Gasteiger partial charge in [0, 0.05) is 37.7 Å². The molecule has 3 N–H and O–H groups in total. The summed E-state index contributed by atoms with van der Waals surface area (Å²) in [5, 5.41) is 4.45. The van der Waals surface area contributed by atoms with Gasteiger partial charge in [0.1, 0.15) is 0 Å². The van der Waals surface area contributed by atoms with Crippen molar-refractivity contribution in [2.24, 2.45) is 14.1 Å². The van der Waals surface area contributed by atoms with Gasteiger partial charge in [-0.15, -0.1) is 0 Å². The van der Waals surface area contributed by atoms with Crippen LogP contribution >= 0.6 is 0 Å². The Morgan fingerprint density at radius 3 is 2.80 bits per heavy atom. The average Bonchev–Trinajstić information content (AvgIpc) is 3.15. The van der Waals surface area contributed by atoms with Crippen LogP contribution in [0.25, 0.3) is 22.1 Å². The van der Waals surface area contributed by atoms with Gasteiger partial charge in [-0.25, -0.2) is 4.79 Å². The van der Waals surface area contributed by atoms with E-state index in [0.29, 0.717) is 23.7 Å². The summed E-state index contributed by atoms with van der Waals surface area (Å²) < 4.78 is 3.00. The van der Waals surface area contributed by atoms with Crippen molar-refractivity contribution in [2.45, 2.75) is 6.42 Å². The monoisotopic (exact) mass is 338 g/mol. The molecule has 4 aromatic rings. The Hall–Kier alpha value is -3.29. The standard InChI is InChI=1S/C17H18N6O2/c1-22-13-14(23(2)17(25)21-15(13)24)20-16(22)18-8-7-10-9-19-12-6-4-3-5-11(10)12/h3-6,9,19H,7-8H2,1-2H3,(H,18,20)(H,21,24,25). The van der Waals surface area contributed by atoms with Crippen LogP contribution in [0.1, 0.15) is 5.56 Å². The van der Waals surface area contributed by atoms with E-state index >= 15 is 0 Å². The minimum atomic E-state index is -0.471. The predicted octanol–water partition coefficient (Wildman–Crippen LogP) is 1.10. The van der Waals surface area contributed by atoms with E-state index in [4.69, 9.17) is 0 Å². The zero-order valence-electron chi connectivity index (χ0n) is 14.0. The third kappa shape index (κ3) is 2.42. The molecule has 3 heterocycles. The molecule has 0 aliphatic rings. The number of rotatable bonds is 4. The van der Waals surface area contributed by atoms with E-state index in [0.717, 1.165) is 11.9 Å². The third-order valence-electron chi connectivity index (χ3n) is 4.49.